The molecule has 2 N–H and O–H groups in total. The number of nitrogens with one attached hydrogen (secondary N) is 2. The van der Waals surface area contributed by atoms with Gasteiger partial charge in [0.15, 0.2) is 11.5 Å². The van der Waals surface area contributed by atoms with Gasteiger partial charge in [-0.25, -0.2) is 4.79 Å². The van der Waals surface area contributed by atoms with Crippen LogP contribution in [0.2, 0.25) is 0 Å². The highest BCUT2D eigenvalue weighted by Crippen LogP contribution is 2.42. The number of Topliss-reactive ketones (excluding diaryl/α,β-unsaturated/α-hetero) is 1. The second-order valence-corrected chi connectivity index (χ2v) is 4.96. The zero-order chi connectivity index (χ0) is 15.1. The Morgan fingerprint density at radius 2 is 2.05 bits per heavy atom. The van der Waals surface area contributed by atoms with Crippen molar-refractivity contribution in [1.29, 1.82) is 0 Å². The lowest BCUT2D eigenvalue weighted by atomic mass is 9.99. The number of ether oxygens (including phenoxy) is 2. The molecular formula is C15H16N2O4. The maximum absolute atomic E-state index is 12.0. The number of H-pyrrole nitrogens is 1. The number of aromatic nitrogens is 1. The number of benzene rings is 1. The number of carbonyl (C=O) groups is 2. The highest BCUT2D eigenvalue weighted by molar-refractivity contribution is 6.12. The first-order valence-corrected chi connectivity index (χ1v) is 6.67. The number of aromatic amines is 1. The Morgan fingerprint density at radius 1 is 1.29 bits per heavy atom. The summed E-state index contributed by atoms with van der Waals surface area (Å²) in [6, 6.07) is 1.75. The summed E-state index contributed by atoms with van der Waals surface area (Å²) in [5, 5.41) is 4.12. The van der Waals surface area contributed by atoms with Crippen molar-refractivity contribution in [2.75, 3.05) is 26.1 Å². The van der Waals surface area contributed by atoms with E-state index in [1.807, 2.05) is 0 Å². The van der Waals surface area contributed by atoms with Gasteiger partial charge in [-0.3, -0.25) is 4.79 Å². The van der Waals surface area contributed by atoms with E-state index >= 15 is 0 Å². The summed E-state index contributed by atoms with van der Waals surface area (Å²) >= 11 is 0. The molecule has 1 aliphatic rings. The Balaban J connectivity index is 2.39. The number of carbonyl (C=O) groups excluding carboxylic acids is 2. The lowest BCUT2D eigenvalue weighted by Crippen LogP contribution is -2.04. The zero-order valence-corrected chi connectivity index (χ0v) is 12.1. The molecule has 0 spiro atoms. The third kappa shape index (κ3) is 1.86. The van der Waals surface area contributed by atoms with Crippen LogP contribution in [0.25, 0.3) is 10.9 Å². The van der Waals surface area contributed by atoms with Crippen molar-refractivity contribution in [3.8, 4) is 5.75 Å². The summed E-state index contributed by atoms with van der Waals surface area (Å²) in [4.78, 5) is 26.7. The first-order chi connectivity index (χ1) is 10.1. The van der Waals surface area contributed by atoms with Gasteiger partial charge in [-0.15, -0.1) is 0 Å². The maximum Gasteiger partial charge on any atom is 0.354 e. The molecule has 0 fully saturated rings. The first-order valence-electron chi connectivity index (χ1n) is 6.67. The van der Waals surface area contributed by atoms with Gasteiger partial charge in [-0.05, 0) is 25.0 Å². The SMILES string of the molecule is COC(=O)c1cc2c3c(c(C(C)=O)c(OC)c2[nH]1)NCC3. The second-order valence-electron chi connectivity index (χ2n) is 4.96. The van der Waals surface area contributed by atoms with Crippen molar-refractivity contribution in [3.05, 3.63) is 22.9 Å². The largest absolute Gasteiger partial charge is 0.494 e. The smallest absolute Gasteiger partial charge is 0.354 e. The average Bonchev–Trinajstić information content (AvgIpc) is 3.10. The van der Waals surface area contributed by atoms with Crippen LogP contribution in [-0.2, 0) is 11.2 Å². The Kier molecular flexibility index (Phi) is 3.08. The molecule has 0 saturated heterocycles. The number of methoxy groups -OCH3 is 2. The molecule has 0 saturated carbocycles. The molecule has 0 unspecified atom stereocenters. The molecule has 1 aromatic heterocycles. The van der Waals surface area contributed by atoms with Crippen molar-refractivity contribution in [3.63, 3.8) is 0 Å². The third-order valence-electron chi connectivity index (χ3n) is 3.79. The fraction of sp³-hybridized carbons (Fsp3) is 0.333. The van der Waals surface area contributed by atoms with Crippen LogP contribution < -0.4 is 10.1 Å². The number of ketones is 1. The highest BCUT2D eigenvalue weighted by Gasteiger charge is 2.27. The minimum Gasteiger partial charge on any atom is -0.494 e. The van der Waals surface area contributed by atoms with E-state index in [1.54, 1.807) is 6.07 Å². The molecule has 6 nitrogen and oxygen atoms in total. The molecular weight excluding hydrogens is 272 g/mol. The molecule has 21 heavy (non-hydrogen) atoms. The summed E-state index contributed by atoms with van der Waals surface area (Å²) in [7, 11) is 2.85. The number of hydrogen-bond donors (Lipinski definition) is 2. The quantitative estimate of drug-likeness (QED) is 0.668. The van der Waals surface area contributed by atoms with Gasteiger partial charge >= 0.3 is 5.97 Å². The molecule has 0 aliphatic carbocycles. The van der Waals surface area contributed by atoms with Crippen LogP contribution in [0.4, 0.5) is 5.69 Å². The number of rotatable bonds is 3. The van der Waals surface area contributed by atoms with E-state index in [0.717, 1.165) is 29.6 Å². The van der Waals surface area contributed by atoms with Crippen LogP contribution in [0.1, 0.15) is 33.3 Å². The van der Waals surface area contributed by atoms with Crippen molar-refractivity contribution >= 4 is 28.3 Å². The fourth-order valence-corrected chi connectivity index (χ4v) is 2.92. The summed E-state index contributed by atoms with van der Waals surface area (Å²) in [5.41, 5.74) is 3.37. The van der Waals surface area contributed by atoms with Gasteiger partial charge in [0.05, 0.1) is 31.0 Å². The minimum absolute atomic E-state index is 0.0754. The van der Waals surface area contributed by atoms with E-state index in [-0.39, 0.29) is 5.78 Å². The van der Waals surface area contributed by atoms with Crippen LogP contribution >= 0.6 is 0 Å². The predicted octanol–water partition coefficient (Wildman–Crippen LogP) is 2.13. The van der Waals surface area contributed by atoms with Crippen LogP contribution in [0.3, 0.4) is 0 Å². The summed E-state index contributed by atoms with van der Waals surface area (Å²) in [5.74, 6) is -0.0632. The van der Waals surface area contributed by atoms with E-state index in [1.165, 1.54) is 21.1 Å². The predicted molar refractivity (Wildman–Crippen MR) is 78.4 cm³/mol. The van der Waals surface area contributed by atoms with Gasteiger partial charge in [0.2, 0.25) is 0 Å². The van der Waals surface area contributed by atoms with Crippen LogP contribution in [0.5, 0.6) is 5.75 Å². The average molecular weight is 288 g/mol. The van der Waals surface area contributed by atoms with Gasteiger partial charge in [-0.1, -0.05) is 0 Å². The first kappa shape index (κ1) is 13.5. The maximum atomic E-state index is 12.0. The van der Waals surface area contributed by atoms with Gasteiger partial charge < -0.3 is 19.8 Å². The number of fused-ring (bicyclic) bond motifs is 3. The molecule has 3 rings (SSSR count). The monoisotopic (exact) mass is 288 g/mol. The van der Waals surface area contributed by atoms with E-state index < -0.39 is 5.97 Å². The van der Waals surface area contributed by atoms with Crippen molar-refractivity contribution in [2.24, 2.45) is 0 Å². The van der Waals surface area contributed by atoms with E-state index in [0.29, 0.717) is 22.5 Å². The molecule has 0 bridgehead atoms. The van der Waals surface area contributed by atoms with E-state index in [4.69, 9.17) is 9.47 Å². The number of hydrogen-bond acceptors (Lipinski definition) is 5. The topological polar surface area (TPSA) is 80.4 Å². The standard InChI is InChI=1S/C15H16N2O4/c1-7(18)11-12-8(4-5-16-12)9-6-10(15(19)21-3)17-13(9)14(11)20-2/h6,16-17H,4-5H2,1-3H3. The molecule has 1 aliphatic heterocycles. The molecule has 0 radical (unpaired) electrons. The van der Waals surface area contributed by atoms with Crippen molar-refractivity contribution in [2.45, 2.75) is 13.3 Å². The van der Waals surface area contributed by atoms with Crippen LogP contribution in [-0.4, -0.2) is 37.5 Å². The molecule has 2 heterocycles. The molecule has 6 heteroatoms. The Morgan fingerprint density at radius 3 is 2.67 bits per heavy atom. The van der Waals surface area contributed by atoms with Gasteiger partial charge in [-0.2, -0.15) is 0 Å². The lowest BCUT2D eigenvalue weighted by Gasteiger charge is -2.13. The normalized spacial score (nSPS) is 12.9. The molecule has 0 amide bonds. The molecule has 1 aromatic carbocycles. The van der Waals surface area contributed by atoms with E-state index in [2.05, 4.69) is 10.3 Å². The number of esters is 1. The lowest BCUT2D eigenvalue weighted by molar-refractivity contribution is 0.0595. The summed E-state index contributed by atoms with van der Waals surface area (Å²) < 4.78 is 10.2. The highest BCUT2D eigenvalue weighted by atomic mass is 16.5. The molecule has 110 valence electrons. The summed E-state index contributed by atoms with van der Waals surface area (Å²) in [6.07, 6.45) is 0.800. The van der Waals surface area contributed by atoms with Gasteiger partial charge in [0.1, 0.15) is 5.69 Å². The Bertz CT molecular complexity index is 761. The number of anilines is 1. The van der Waals surface area contributed by atoms with Gasteiger partial charge in [0.25, 0.3) is 0 Å². The van der Waals surface area contributed by atoms with Crippen molar-refractivity contribution in [1.82, 2.24) is 4.98 Å². The molecule has 0 atom stereocenters. The van der Waals surface area contributed by atoms with Crippen LogP contribution in [0.15, 0.2) is 6.07 Å². The summed E-state index contributed by atoms with van der Waals surface area (Å²) in [6.45, 7) is 2.27. The third-order valence-corrected chi connectivity index (χ3v) is 3.79. The van der Waals surface area contributed by atoms with Gasteiger partial charge in [0, 0.05) is 11.9 Å². The Hall–Kier alpha value is -2.50. The Labute approximate surface area is 121 Å². The fourth-order valence-electron chi connectivity index (χ4n) is 2.92. The molecule has 2 aromatic rings. The zero-order valence-electron chi connectivity index (χ0n) is 12.1. The second kappa shape index (κ2) is 4.80. The van der Waals surface area contributed by atoms with Crippen molar-refractivity contribution < 1.29 is 19.1 Å². The minimum atomic E-state index is -0.447. The van der Waals surface area contributed by atoms with Crippen LogP contribution in [0, 0.1) is 0 Å². The van der Waals surface area contributed by atoms with E-state index in [9.17, 15) is 9.59 Å².